The lowest BCUT2D eigenvalue weighted by Crippen LogP contribution is -2.32. The van der Waals surface area contributed by atoms with E-state index in [1.807, 2.05) is 6.08 Å². The molecule has 178 valence electrons. The maximum Gasteiger partial charge on any atom is 0.213 e. The van der Waals surface area contributed by atoms with Gasteiger partial charge < -0.3 is 0 Å². The molecule has 1 heterocycles. The van der Waals surface area contributed by atoms with Crippen LogP contribution in [-0.4, -0.2) is 0 Å². The van der Waals surface area contributed by atoms with Gasteiger partial charge in [-0.05, 0) is 65.0 Å². The Bertz CT molecular complexity index is 1130. The Labute approximate surface area is 207 Å². The summed E-state index contributed by atoms with van der Waals surface area (Å²) in [6.45, 7) is 13.2. The van der Waals surface area contributed by atoms with Gasteiger partial charge in [-0.25, -0.2) is 4.57 Å². The molecule has 0 aliphatic heterocycles. The average molecular weight is 453 g/mol. The Balaban J connectivity index is 2.02. The van der Waals surface area contributed by atoms with Gasteiger partial charge >= 0.3 is 0 Å². The van der Waals surface area contributed by atoms with Crippen LogP contribution >= 0.6 is 0 Å². The summed E-state index contributed by atoms with van der Waals surface area (Å²) in [6, 6.07) is 20.5. The number of aryl methyl sites for hydroxylation is 2. The number of unbranched alkanes of at least 4 members (excludes halogenated alkanes) is 2. The highest BCUT2D eigenvalue weighted by Gasteiger charge is 2.23. The summed E-state index contributed by atoms with van der Waals surface area (Å²) in [5, 5.41) is 0. The maximum atomic E-state index is 4.11. The zero-order chi connectivity index (χ0) is 24.6. The van der Waals surface area contributed by atoms with Crippen LogP contribution in [0.15, 0.2) is 79.5 Å². The number of hydrogen-bond acceptors (Lipinski definition) is 0. The molecule has 0 spiro atoms. The molecular weight excluding hydrogens is 410 g/mol. The minimum absolute atomic E-state index is 0.0768. The summed E-state index contributed by atoms with van der Waals surface area (Å²) in [7, 11) is 2.14. The number of hydrogen-bond donors (Lipinski definition) is 0. The van der Waals surface area contributed by atoms with Gasteiger partial charge in [0, 0.05) is 12.1 Å². The minimum atomic E-state index is 0.0768. The molecule has 0 unspecified atom stereocenters. The lowest BCUT2D eigenvalue weighted by Gasteiger charge is -2.23. The van der Waals surface area contributed by atoms with Crippen molar-refractivity contribution >= 4 is 6.08 Å². The quantitative estimate of drug-likeness (QED) is 0.155. The first kappa shape index (κ1) is 25.7. The molecule has 0 bridgehead atoms. The van der Waals surface area contributed by atoms with Gasteiger partial charge in [0.15, 0.2) is 6.20 Å². The predicted molar refractivity (Wildman–Crippen MR) is 149 cm³/mol. The van der Waals surface area contributed by atoms with Crippen LogP contribution in [-0.2, 0) is 18.9 Å². The Morgan fingerprint density at radius 1 is 0.912 bits per heavy atom. The summed E-state index contributed by atoms with van der Waals surface area (Å²) >= 11 is 0. The van der Waals surface area contributed by atoms with Gasteiger partial charge in [0.25, 0.3) is 0 Å². The molecule has 2 aromatic carbocycles. The van der Waals surface area contributed by atoms with Crippen molar-refractivity contribution in [3.63, 3.8) is 0 Å². The van der Waals surface area contributed by atoms with Crippen LogP contribution in [0.4, 0.5) is 0 Å². The molecule has 0 saturated carbocycles. The van der Waals surface area contributed by atoms with Gasteiger partial charge in [-0.15, -0.1) is 0 Å². The Morgan fingerprint density at radius 2 is 1.71 bits per heavy atom. The van der Waals surface area contributed by atoms with E-state index < -0.39 is 0 Å². The van der Waals surface area contributed by atoms with Crippen molar-refractivity contribution in [2.75, 3.05) is 0 Å². The lowest BCUT2D eigenvalue weighted by molar-refractivity contribution is -0.660. The Morgan fingerprint density at radius 3 is 2.44 bits per heavy atom. The average Bonchev–Trinajstić information content (AvgIpc) is 2.84. The van der Waals surface area contributed by atoms with Crippen molar-refractivity contribution < 1.29 is 4.57 Å². The van der Waals surface area contributed by atoms with Crippen LogP contribution < -0.4 is 4.57 Å². The minimum Gasteiger partial charge on any atom is -0.201 e. The number of nitrogens with zero attached hydrogens (tertiary/aromatic N) is 1. The zero-order valence-electron chi connectivity index (χ0n) is 21.9. The van der Waals surface area contributed by atoms with Gasteiger partial charge in [0.2, 0.25) is 5.69 Å². The van der Waals surface area contributed by atoms with E-state index in [0.717, 1.165) is 19.3 Å². The van der Waals surface area contributed by atoms with E-state index in [1.165, 1.54) is 58.3 Å². The van der Waals surface area contributed by atoms with E-state index in [4.69, 9.17) is 0 Å². The van der Waals surface area contributed by atoms with E-state index in [9.17, 15) is 0 Å². The third-order valence-corrected chi connectivity index (χ3v) is 6.84. The number of allylic oxidation sites excluding steroid dienone is 2. The molecule has 0 N–H and O–H groups in total. The first-order chi connectivity index (χ1) is 16.4. The Hall–Kier alpha value is -2.93. The maximum absolute atomic E-state index is 4.11. The summed E-state index contributed by atoms with van der Waals surface area (Å²) < 4.78 is 2.23. The van der Waals surface area contributed by atoms with E-state index in [1.54, 1.807) is 0 Å². The highest BCUT2D eigenvalue weighted by Crippen LogP contribution is 2.33. The second-order valence-electron chi connectivity index (χ2n) is 10.0. The van der Waals surface area contributed by atoms with Crippen LogP contribution in [0.2, 0.25) is 0 Å². The van der Waals surface area contributed by atoms with Crippen molar-refractivity contribution in [1.82, 2.24) is 0 Å². The fraction of sp³-hybridized carbons (Fsp3) is 0.364. The lowest BCUT2D eigenvalue weighted by atomic mass is 9.81. The van der Waals surface area contributed by atoms with Crippen molar-refractivity contribution in [1.29, 1.82) is 0 Å². The first-order valence-electron chi connectivity index (χ1n) is 12.9. The fourth-order valence-electron chi connectivity index (χ4n) is 4.54. The predicted octanol–water partition coefficient (Wildman–Crippen LogP) is 8.85. The first-order valence-corrected chi connectivity index (χ1v) is 12.9. The molecule has 0 aliphatic carbocycles. The van der Waals surface area contributed by atoms with E-state index in [-0.39, 0.29) is 5.41 Å². The molecular formula is C33H42N+. The molecule has 0 radical (unpaired) electrons. The van der Waals surface area contributed by atoms with Gasteiger partial charge in [-0.3, -0.25) is 0 Å². The van der Waals surface area contributed by atoms with Crippen molar-refractivity contribution in [2.24, 2.45) is 7.05 Å². The smallest absolute Gasteiger partial charge is 0.201 e. The molecule has 0 atom stereocenters. The van der Waals surface area contributed by atoms with Crippen LogP contribution in [0.25, 0.3) is 28.5 Å². The standard InChI is InChI=1S/C33H42N/c1-7-10-12-15-26-16-14-17-28(23-26)29-19-18-27(9-3)31(24-29)32-25-30(20-22-34(32)6)33(4,5)21-13-11-8-2/h9,11,13-14,16-20,22-25H,3,7-8,10,12,15,21H2,1-2,4-6H3/q+1. The SMILES string of the molecule is C=Cc1ccc(-c2cccc(CCCCC)c2)cc1-c1cc(C(C)(C)CC=CCC)cc[n+]1C. The monoisotopic (exact) mass is 452 g/mol. The summed E-state index contributed by atoms with van der Waals surface area (Å²) in [5.74, 6) is 0. The van der Waals surface area contributed by atoms with Gasteiger partial charge in [0.05, 0.1) is 5.56 Å². The van der Waals surface area contributed by atoms with Crippen LogP contribution in [0.1, 0.15) is 76.5 Å². The normalized spacial score (nSPS) is 11.8. The van der Waals surface area contributed by atoms with Crippen molar-refractivity contribution in [2.45, 2.75) is 71.6 Å². The second-order valence-corrected chi connectivity index (χ2v) is 10.0. The number of aromatic nitrogens is 1. The largest absolute Gasteiger partial charge is 0.213 e. The molecule has 0 fully saturated rings. The van der Waals surface area contributed by atoms with Crippen LogP contribution in [0.5, 0.6) is 0 Å². The number of benzene rings is 2. The molecule has 3 aromatic rings. The molecule has 3 rings (SSSR count). The molecule has 0 aliphatic rings. The van der Waals surface area contributed by atoms with Crippen LogP contribution in [0, 0.1) is 0 Å². The highest BCUT2D eigenvalue weighted by molar-refractivity contribution is 5.78. The van der Waals surface area contributed by atoms with Crippen molar-refractivity contribution in [3.8, 4) is 22.4 Å². The summed E-state index contributed by atoms with van der Waals surface area (Å²) in [6.07, 6.45) is 15.8. The van der Waals surface area contributed by atoms with Crippen molar-refractivity contribution in [3.05, 3.63) is 96.2 Å². The summed E-state index contributed by atoms with van der Waals surface area (Å²) in [4.78, 5) is 0. The number of rotatable bonds is 11. The number of pyridine rings is 1. The second kappa shape index (κ2) is 12.0. The molecule has 0 saturated heterocycles. The van der Waals surface area contributed by atoms with Gasteiger partial charge in [-0.2, -0.15) is 0 Å². The molecule has 1 nitrogen and oxygen atoms in total. The molecule has 0 amide bonds. The fourth-order valence-corrected chi connectivity index (χ4v) is 4.54. The Kier molecular flexibility index (Phi) is 9.05. The zero-order valence-corrected chi connectivity index (χ0v) is 21.9. The molecule has 34 heavy (non-hydrogen) atoms. The molecule has 1 heteroatoms. The summed E-state index contributed by atoms with van der Waals surface area (Å²) in [5.41, 5.74) is 9.03. The van der Waals surface area contributed by atoms with E-state index in [2.05, 4.69) is 119 Å². The third kappa shape index (κ3) is 6.35. The molecule has 1 aromatic heterocycles. The van der Waals surface area contributed by atoms with Crippen LogP contribution in [0.3, 0.4) is 0 Å². The van der Waals surface area contributed by atoms with Gasteiger partial charge in [0.1, 0.15) is 7.05 Å². The third-order valence-electron chi connectivity index (χ3n) is 6.84. The van der Waals surface area contributed by atoms with Gasteiger partial charge in [-0.1, -0.05) is 102 Å². The topological polar surface area (TPSA) is 3.88 Å². The highest BCUT2D eigenvalue weighted by atomic mass is 14.9. The van der Waals surface area contributed by atoms with E-state index in [0.29, 0.717) is 0 Å². The van der Waals surface area contributed by atoms with E-state index >= 15 is 0 Å².